The number of rotatable bonds is 5. The lowest BCUT2D eigenvalue weighted by Gasteiger charge is -2.09. The molecular weight excluding hydrogens is 261 g/mol. The summed E-state index contributed by atoms with van der Waals surface area (Å²) in [6.45, 7) is 1.87. The Bertz CT molecular complexity index is 608. The highest BCUT2D eigenvalue weighted by atomic mass is 19.1. The maximum Gasteiger partial charge on any atom is 0.264 e. The maximum atomic E-state index is 13.7. The van der Waals surface area contributed by atoms with Gasteiger partial charge in [-0.3, -0.25) is 0 Å². The van der Waals surface area contributed by atoms with Crippen LogP contribution in [0.1, 0.15) is 49.0 Å². The molecule has 0 amide bonds. The van der Waals surface area contributed by atoms with Crippen molar-refractivity contribution in [2.24, 2.45) is 5.73 Å². The minimum atomic E-state index is -0.373. The van der Waals surface area contributed by atoms with E-state index in [1.54, 1.807) is 19.1 Å². The third-order valence-electron chi connectivity index (χ3n) is 3.25. The first-order valence-electron chi connectivity index (χ1n) is 6.64. The lowest BCUT2D eigenvalue weighted by molar-refractivity contribution is 0.241. The third-order valence-corrected chi connectivity index (χ3v) is 3.25. The van der Waals surface area contributed by atoms with Crippen molar-refractivity contribution in [3.8, 4) is 5.75 Å². The number of halogens is 1. The van der Waals surface area contributed by atoms with Crippen molar-refractivity contribution in [2.75, 3.05) is 0 Å². The zero-order valence-electron chi connectivity index (χ0n) is 11.2. The Hall–Kier alpha value is -1.95. The van der Waals surface area contributed by atoms with Crippen LogP contribution < -0.4 is 10.5 Å². The summed E-state index contributed by atoms with van der Waals surface area (Å²) in [5, 5.41) is 3.89. The number of benzene rings is 1. The molecule has 1 fully saturated rings. The normalized spacial score (nSPS) is 16.1. The molecule has 1 heterocycles. The summed E-state index contributed by atoms with van der Waals surface area (Å²) in [5.41, 5.74) is 6.12. The van der Waals surface area contributed by atoms with Crippen LogP contribution in [0.2, 0.25) is 0 Å². The van der Waals surface area contributed by atoms with Gasteiger partial charge in [-0.05, 0) is 25.8 Å². The summed E-state index contributed by atoms with van der Waals surface area (Å²) < 4.78 is 24.3. The number of hydrogen-bond acceptors (Lipinski definition) is 5. The third kappa shape index (κ3) is 2.80. The number of hydrogen-bond donors (Lipinski definition) is 1. The first-order valence-corrected chi connectivity index (χ1v) is 6.64. The molecule has 0 spiro atoms. The molecule has 1 aliphatic carbocycles. The maximum absolute atomic E-state index is 13.7. The zero-order valence-corrected chi connectivity index (χ0v) is 11.2. The van der Waals surface area contributed by atoms with Crippen molar-refractivity contribution >= 4 is 0 Å². The Kier molecular flexibility index (Phi) is 3.40. The van der Waals surface area contributed by atoms with Crippen LogP contribution in [0.25, 0.3) is 0 Å². The molecule has 20 heavy (non-hydrogen) atoms. The molecule has 0 unspecified atom stereocenters. The SMILES string of the molecule is C[C@@H](N)c1ccc(OCc2nc(C3CC3)no2)cc1F. The fraction of sp³-hybridized carbons (Fsp3) is 0.429. The van der Waals surface area contributed by atoms with Gasteiger partial charge in [0, 0.05) is 23.6 Å². The summed E-state index contributed by atoms with van der Waals surface area (Å²) >= 11 is 0. The Balaban J connectivity index is 1.63. The average Bonchev–Trinajstić information content (AvgIpc) is 3.15. The predicted molar refractivity (Wildman–Crippen MR) is 69.6 cm³/mol. The van der Waals surface area contributed by atoms with Crippen LogP contribution in [0.3, 0.4) is 0 Å². The van der Waals surface area contributed by atoms with Gasteiger partial charge in [-0.25, -0.2) is 4.39 Å². The van der Waals surface area contributed by atoms with Gasteiger partial charge < -0.3 is 15.0 Å². The van der Waals surface area contributed by atoms with E-state index in [9.17, 15) is 4.39 Å². The lowest BCUT2D eigenvalue weighted by Crippen LogP contribution is -2.07. The minimum Gasteiger partial charge on any atom is -0.484 e. The van der Waals surface area contributed by atoms with E-state index < -0.39 is 0 Å². The van der Waals surface area contributed by atoms with Crippen LogP contribution in [0.5, 0.6) is 5.75 Å². The number of ether oxygens (including phenoxy) is 1. The molecule has 1 atom stereocenters. The van der Waals surface area contributed by atoms with Crippen molar-refractivity contribution in [3.63, 3.8) is 0 Å². The molecule has 1 aromatic heterocycles. The summed E-state index contributed by atoms with van der Waals surface area (Å²) in [5.74, 6) is 1.63. The molecule has 2 N–H and O–H groups in total. The fourth-order valence-electron chi connectivity index (χ4n) is 1.95. The molecule has 2 aromatic rings. The summed E-state index contributed by atoms with van der Waals surface area (Å²) in [7, 11) is 0. The number of nitrogens with zero attached hydrogens (tertiary/aromatic N) is 2. The molecule has 0 aliphatic heterocycles. The number of nitrogens with two attached hydrogens (primary N) is 1. The van der Waals surface area contributed by atoms with Crippen molar-refractivity contribution < 1.29 is 13.7 Å². The molecule has 106 valence electrons. The summed E-state index contributed by atoms with van der Waals surface area (Å²) in [6, 6.07) is 4.27. The van der Waals surface area contributed by atoms with Gasteiger partial charge in [-0.15, -0.1) is 0 Å². The van der Waals surface area contributed by atoms with E-state index in [-0.39, 0.29) is 18.5 Å². The van der Waals surface area contributed by atoms with Crippen molar-refractivity contribution in [1.82, 2.24) is 10.1 Å². The van der Waals surface area contributed by atoms with Gasteiger partial charge in [0.15, 0.2) is 12.4 Å². The molecule has 3 rings (SSSR count). The standard InChI is InChI=1S/C14H16FN3O2/c1-8(16)11-5-4-10(6-12(11)15)19-7-13-17-14(18-20-13)9-2-3-9/h4-6,8-9H,2-3,7,16H2,1H3/t8-/m1/s1. The van der Waals surface area contributed by atoms with Gasteiger partial charge in [0.2, 0.25) is 0 Å². The van der Waals surface area contributed by atoms with E-state index in [0.29, 0.717) is 23.1 Å². The van der Waals surface area contributed by atoms with Gasteiger partial charge >= 0.3 is 0 Å². The van der Waals surface area contributed by atoms with E-state index >= 15 is 0 Å². The second-order valence-electron chi connectivity index (χ2n) is 5.08. The van der Waals surface area contributed by atoms with Crippen molar-refractivity contribution in [2.45, 2.75) is 38.3 Å². The van der Waals surface area contributed by atoms with Crippen LogP contribution in [-0.2, 0) is 6.61 Å². The molecule has 5 nitrogen and oxygen atoms in total. The van der Waals surface area contributed by atoms with Gasteiger partial charge in [0.1, 0.15) is 11.6 Å². The largest absolute Gasteiger partial charge is 0.484 e. The molecular formula is C14H16FN3O2. The molecule has 0 bridgehead atoms. The highest BCUT2D eigenvalue weighted by molar-refractivity contribution is 5.30. The van der Waals surface area contributed by atoms with Gasteiger partial charge in [-0.1, -0.05) is 11.2 Å². The van der Waals surface area contributed by atoms with Gasteiger partial charge in [-0.2, -0.15) is 4.98 Å². The van der Waals surface area contributed by atoms with Crippen molar-refractivity contribution in [1.29, 1.82) is 0 Å². The van der Waals surface area contributed by atoms with Crippen molar-refractivity contribution in [3.05, 3.63) is 41.3 Å². The molecule has 1 aliphatic rings. The van der Waals surface area contributed by atoms with E-state index in [0.717, 1.165) is 18.7 Å². The quantitative estimate of drug-likeness (QED) is 0.909. The Morgan fingerprint density at radius 3 is 2.95 bits per heavy atom. The highest BCUT2D eigenvalue weighted by Crippen LogP contribution is 2.38. The lowest BCUT2D eigenvalue weighted by atomic mass is 10.1. The highest BCUT2D eigenvalue weighted by Gasteiger charge is 2.28. The van der Waals surface area contributed by atoms with Crippen LogP contribution in [-0.4, -0.2) is 10.1 Å². The predicted octanol–water partition coefficient (Wildman–Crippen LogP) is 2.68. The van der Waals surface area contributed by atoms with E-state index in [1.165, 1.54) is 6.07 Å². The fourth-order valence-corrected chi connectivity index (χ4v) is 1.95. The van der Waals surface area contributed by atoms with E-state index in [4.69, 9.17) is 15.0 Å². The smallest absolute Gasteiger partial charge is 0.264 e. The molecule has 1 saturated carbocycles. The first kappa shape index (κ1) is 13.1. The van der Waals surface area contributed by atoms with E-state index in [1.807, 2.05) is 0 Å². The van der Waals surface area contributed by atoms with Crippen LogP contribution >= 0.6 is 0 Å². The molecule has 0 radical (unpaired) electrons. The molecule has 6 heteroatoms. The minimum absolute atomic E-state index is 0.136. The zero-order chi connectivity index (χ0) is 14.1. The number of aromatic nitrogens is 2. The Morgan fingerprint density at radius 1 is 1.50 bits per heavy atom. The van der Waals surface area contributed by atoms with Crippen LogP contribution in [0.15, 0.2) is 22.7 Å². The first-order chi connectivity index (χ1) is 9.63. The van der Waals surface area contributed by atoms with Gasteiger partial charge in [0.05, 0.1) is 0 Å². The Morgan fingerprint density at radius 2 is 2.30 bits per heavy atom. The Labute approximate surface area is 115 Å². The van der Waals surface area contributed by atoms with Crippen LogP contribution in [0.4, 0.5) is 4.39 Å². The molecule has 1 aromatic carbocycles. The molecule has 0 saturated heterocycles. The average molecular weight is 277 g/mol. The topological polar surface area (TPSA) is 74.2 Å². The summed E-state index contributed by atoms with van der Waals surface area (Å²) in [4.78, 5) is 4.24. The monoisotopic (exact) mass is 277 g/mol. The van der Waals surface area contributed by atoms with E-state index in [2.05, 4.69) is 10.1 Å². The summed E-state index contributed by atoms with van der Waals surface area (Å²) in [6.07, 6.45) is 2.23. The van der Waals surface area contributed by atoms with Crippen LogP contribution in [0, 0.1) is 5.82 Å². The second kappa shape index (κ2) is 5.20. The second-order valence-corrected chi connectivity index (χ2v) is 5.08. The van der Waals surface area contributed by atoms with Gasteiger partial charge in [0.25, 0.3) is 5.89 Å².